The Morgan fingerprint density at radius 1 is 1.11 bits per heavy atom. The Bertz CT molecular complexity index is 703. The smallest absolute Gasteiger partial charge is 0.154 e. The molecule has 0 unspecified atom stereocenters. The molecule has 0 saturated carbocycles. The molecule has 1 aromatic carbocycles. The first-order chi connectivity index (χ1) is 9.31. The second-order valence-corrected chi connectivity index (χ2v) is 4.11. The fourth-order valence-corrected chi connectivity index (χ4v) is 1.97. The van der Waals surface area contributed by atoms with Gasteiger partial charge in [0.2, 0.25) is 0 Å². The van der Waals surface area contributed by atoms with E-state index in [0.717, 1.165) is 28.5 Å². The standard InChI is InChI=1S/C14H14N4O/c1-15-13-7-8-14-16-9-12(18(14)17-13)10-3-5-11(19-2)6-4-10/h3-9H,1-2H3,(H,15,17). The summed E-state index contributed by atoms with van der Waals surface area (Å²) in [5.41, 5.74) is 2.83. The maximum absolute atomic E-state index is 5.16. The van der Waals surface area contributed by atoms with Crippen LogP contribution in [0, 0.1) is 0 Å². The van der Waals surface area contributed by atoms with Crippen LogP contribution >= 0.6 is 0 Å². The van der Waals surface area contributed by atoms with Gasteiger partial charge >= 0.3 is 0 Å². The van der Waals surface area contributed by atoms with Gasteiger partial charge in [-0.05, 0) is 36.4 Å². The highest BCUT2D eigenvalue weighted by Gasteiger charge is 2.07. The Morgan fingerprint density at radius 2 is 1.89 bits per heavy atom. The largest absolute Gasteiger partial charge is 0.497 e. The molecule has 1 N–H and O–H groups in total. The van der Waals surface area contributed by atoms with Gasteiger partial charge in [0.25, 0.3) is 0 Å². The zero-order chi connectivity index (χ0) is 13.2. The van der Waals surface area contributed by atoms with Gasteiger partial charge < -0.3 is 10.1 Å². The lowest BCUT2D eigenvalue weighted by Gasteiger charge is -2.04. The van der Waals surface area contributed by atoms with Gasteiger partial charge in [0.1, 0.15) is 11.6 Å². The minimum absolute atomic E-state index is 0.806. The SMILES string of the molecule is CNc1ccc2ncc(-c3ccc(OC)cc3)n2n1. The Labute approximate surface area is 110 Å². The normalized spacial score (nSPS) is 10.6. The van der Waals surface area contributed by atoms with Gasteiger partial charge in [-0.15, -0.1) is 5.10 Å². The first kappa shape index (κ1) is 11.5. The highest BCUT2D eigenvalue weighted by Crippen LogP contribution is 2.23. The zero-order valence-electron chi connectivity index (χ0n) is 10.8. The summed E-state index contributed by atoms with van der Waals surface area (Å²) in [5, 5.41) is 7.51. The second kappa shape index (κ2) is 4.61. The lowest BCUT2D eigenvalue weighted by molar-refractivity contribution is 0.415. The molecule has 19 heavy (non-hydrogen) atoms. The third-order valence-electron chi connectivity index (χ3n) is 3.00. The van der Waals surface area contributed by atoms with Gasteiger partial charge in [0.05, 0.1) is 19.0 Å². The van der Waals surface area contributed by atoms with Crippen molar-refractivity contribution in [2.75, 3.05) is 19.5 Å². The van der Waals surface area contributed by atoms with E-state index in [1.807, 2.05) is 54.2 Å². The lowest BCUT2D eigenvalue weighted by Crippen LogP contribution is -1.99. The van der Waals surface area contributed by atoms with Crippen molar-refractivity contribution >= 4 is 11.5 Å². The van der Waals surface area contributed by atoms with E-state index in [1.54, 1.807) is 7.11 Å². The van der Waals surface area contributed by atoms with Crippen molar-refractivity contribution in [3.8, 4) is 17.0 Å². The molecule has 3 aromatic rings. The quantitative estimate of drug-likeness (QED) is 0.780. The van der Waals surface area contributed by atoms with E-state index < -0.39 is 0 Å². The Morgan fingerprint density at radius 3 is 2.58 bits per heavy atom. The molecule has 0 radical (unpaired) electrons. The molecular weight excluding hydrogens is 240 g/mol. The second-order valence-electron chi connectivity index (χ2n) is 4.11. The van der Waals surface area contributed by atoms with Crippen LogP contribution in [0.3, 0.4) is 0 Å². The summed E-state index contributed by atoms with van der Waals surface area (Å²) in [6, 6.07) is 11.7. The maximum Gasteiger partial charge on any atom is 0.154 e. The predicted octanol–water partition coefficient (Wildman–Crippen LogP) is 2.45. The van der Waals surface area contributed by atoms with E-state index >= 15 is 0 Å². The molecule has 2 aromatic heterocycles. The molecule has 0 aliphatic rings. The summed E-state index contributed by atoms with van der Waals surface area (Å²) >= 11 is 0. The van der Waals surface area contributed by atoms with Crippen LogP contribution in [0.4, 0.5) is 5.82 Å². The van der Waals surface area contributed by atoms with Gasteiger partial charge in [-0.25, -0.2) is 9.50 Å². The number of fused-ring (bicyclic) bond motifs is 1. The molecule has 0 atom stereocenters. The molecule has 0 aliphatic carbocycles. The number of rotatable bonds is 3. The maximum atomic E-state index is 5.16. The number of nitrogens with zero attached hydrogens (tertiary/aromatic N) is 3. The van der Waals surface area contributed by atoms with Crippen LogP contribution in [0.2, 0.25) is 0 Å². The molecule has 5 nitrogen and oxygen atoms in total. The summed E-state index contributed by atoms with van der Waals surface area (Å²) in [5.74, 6) is 1.64. The topological polar surface area (TPSA) is 51.5 Å². The van der Waals surface area contributed by atoms with E-state index in [1.165, 1.54) is 0 Å². The highest BCUT2D eigenvalue weighted by molar-refractivity contribution is 5.64. The van der Waals surface area contributed by atoms with Crippen LogP contribution in [0.25, 0.3) is 16.9 Å². The number of benzene rings is 1. The monoisotopic (exact) mass is 254 g/mol. The summed E-state index contributed by atoms with van der Waals surface area (Å²) in [7, 11) is 3.50. The first-order valence-corrected chi connectivity index (χ1v) is 5.99. The molecule has 0 spiro atoms. The molecule has 96 valence electrons. The van der Waals surface area contributed by atoms with Crippen molar-refractivity contribution < 1.29 is 4.74 Å². The number of hydrogen-bond acceptors (Lipinski definition) is 4. The van der Waals surface area contributed by atoms with E-state index in [4.69, 9.17) is 4.74 Å². The number of hydrogen-bond donors (Lipinski definition) is 1. The molecule has 0 fully saturated rings. The number of methoxy groups -OCH3 is 1. The number of ether oxygens (including phenoxy) is 1. The first-order valence-electron chi connectivity index (χ1n) is 5.99. The average Bonchev–Trinajstić information content (AvgIpc) is 2.90. The van der Waals surface area contributed by atoms with Gasteiger partial charge in [-0.3, -0.25) is 0 Å². The van der Waals surface area contributed by atoms with E-state index in [9.17, 15) is 0 Å². The van der Waals surface area contributed by atoms with Crippen molar-refractivity contribution in [1.82, 2.24) is 14.6 Å². The minimum Gasteiger partial charge on any atom is -0.497 e. The Balaban J connectivity index is 2.12. The molecule has 5 heteroatoms. The van der Waals surface area contributed by atoms with Crippen LogP contribution in [0.1, 0.15) is 0 Å². The predicted molar refractivity (Wildman–Crippen MR) is 74.5 cm³/mol. The minimum atomic E-state index is 0.806. The van der Waals surface area contributed by atoms with Crippen LogP contribution in [0.15, 0.2) is 42.6 Å². The van der Waals surface area contributed by atoms with E-state index in [-0.39, 0.29) is 0 Å². The van der Waals surface area contributed by atoms with Crippen LogP contribution in [0.5, 0.6) is 5.75 Å². The number of imidazole rings is 1. The molecule has 0 aliphatic heterocycles. The molecule has 0 saturated heterocycles. The summed E-state index contributed by atoms with van der Waals surface area (Å²) in [4.78, 5) is 4.35. The van der Waals surface area contributed by atoms with Gasteiger partial charge in [-0.1, -0.05) is 0 Å². The van der Waals surface area contributed by atoms with Crippen molar-refractivity contribution in [3.05, 3.63) is 42.6 Å². The van der Waals surface area contributed by atoms with Gasteiger partial charge in [0, 0.05) is 12.6 Å². The highest BCUT2D eigenvalue weighted by atomic mass is 16.5. The van der Waals surface area contributed by atoms with Crippen LogP contribution in [-0.4, -0.2) is 28.8 Å². The van der Waals surface area contributed by atoms with Crippen LogP contribution in [-0.2, 0) is 0 Å². The van der Waals surface area contributed by atoms with Crippen LogP contribution < -0.4 is 10.1 Å². The lowest BCUT2D eigenvalue weighted by atomic mass is 10.1. The van der Waals surface area contributed by atoms with Crippen molar-refractivity contribution in [1.29, 1.82) is 0 Å². The summed E-state index contributed by atoms with van der Waals surface area (Å²) in [6.45, 7) is 0. The number of aromatic nitrogens is 3. The average molecular weight is 254 g/mol. The zero-order valence-corrected chi connectivity index (χ0v) is 10.8. The van der Waals surface area contributed by atoms with E-state index in [2.05, 4.69) is 15.4 Å². The molecular formula is C14H14N4O. The fourth-order valence-electron chi connectivity index (χ4n) is 1.97. The third-order valence-corrected chi connectivity index (χ3v) is 3.00. The summed E-state index contributed by atoms with van der Waals surface area (Å²) in [6.07, 6.45) is 1.82. The van der Waals surface area contributed by atoms with Crippen molar-refractivity contribution in [2.24, 2.45) is 0 Å². The van der Waals surface area contributed by atoms with Crippen molar-refractivity contribution in [2.45, 2.75) is 0 Å². The van der Waals surface area contributed by atoms with E-state index in [0.29, 0.717) is 0 Å². The summed E-state index contributed by atoms with van der Waals surface area (Å²) < 4.78 is 6.99. The number of anilines is 1. The Hall–Kier alpha value is -2.56. The van der Waals surface area contributed by atoms with Crippen molar-refractivity contribution in [3.63, 3.8) is 0 Å². The number of nitrogens with one attached hydrogen (secondary N) is 1. The fraction of sp³-hybridized carbons (Fsp3) is 0.143. The third kappa shape index (κ3) is 1.99. The molecule has 0 amide bonds. The molecule has 0 bridgehead atoms. The van der Waals surface area contributed by atoms with Gasteiger partial charge in [0.15, 0.2) is 5.65 Å². The molecule has 2 heterocycles. The van der Waals surface area contributed by atoms with Gasteiger partial charge in [-0.2, -0.15) is 0 Å². The molecule has 3 rings (SSSR count). The Kier molecular flexibility index (Phi) is 2.79.